The molecule has 0 aromatic heterocycles. The summed E-state index contributed by atoms with van der Waals surface area (Å²) in [5, 5.41) is 0. The van der Waals surface area contributed by atoms with Crippen LogP contribution in [0.2, 0.25) is 0 Å². The number of hydrogen-bond donors (Lipinski definition) is 0. The standard InChI is InChI=1S/C6H16P2.Pd/c1-7(2)5-6-8(3)4;/h5-6H2,1-4H3;/q;-1/p+1. The average Bonchev–Trinajstić information content (AvgIpc) is 1.59. The van der Waals surface area contributed by atoms with Crippen molar-refractivity contribution in [2.45, 2.75) is 0 Å². The van der Waals surface area contributed by atoms with Crippen molar-refractivity contribution in [3.8, 4) is 0 Å². The number of hydrogen-bond acceptors (Lipinski definition) is 0. The molecule has 0 saturated carbocycles. The maximum absolute atomic E-state index is 3.50. The van der Waals surface area contributed by atoms with Crippen LogP contribution in [0, 0.1) is 0 Å². The first-order chi connectivity index (χ1) is 3.92. The van der Waals surface area contributed by atoms with Crippen LogP contribution in [-0.2, 0) is 18.7 Å². The molecule has 0 N–H and O–H groups in total. The first kappa shape index (κ1) is 10.5. The molecular formula is C6H17P2Pd. The molecule has 0 unspecified atom stereocenters. The van der Waals surface area contributed by atoms with Crippen molar-refractivity contribution in [3.05, 3.63) is 0 Å². The molecule has 0 aliphatic heterocycles. The Balaban J connectivity index is 3.28. The van der Waals surface area contributed by atoms with Gasteiger partial charge in [-0.05, 0) is 0 Å². The van der Waals surface area contributed by atoms with E-state index >= 15 is 0 Å². The Morgan fingerprint density at radius 3 is 1.89 bits per heavy atom. The van der Waals surface area contributed by atoms with Crippen molar-refractivity contribution in [1.82, 2.24) is 0 Å². The quantitative estimate of drug-likeness (QED) is 0.537. The summed E-state index contributed by atoms with van der Waals surface area (Å²) in [4.78, 5) is 0. The van der Waals surface area contributed by atoms with Crippen LogP contribution in [0.1, 0.15) is 0 Å². The van der Waals surface area contributed by atoms with Crippen LogP contribution in [-0.4, -0.2) is 39.0 Å². The summed E-state index contributed by atoms with van der Waals surface area (Å²) in [5.41, 5.74) is -0.854. The SMILES string of the molecule is CP(C)CC[PH](C)(C)[Pd]. The first-order valence-corrected chi connectivity index (χ1v) is 11.0. The molecule has 9 heavy (non-hydrogen) atoms. The van der Waals surface area contributed by atoms with E-state index in [-0.39, 0.29) is 0 Å². The Kier molecular flexibility index (Phi) is 5.16. The molecule has 0 amide bonds. The minimum atomic E-state index is -0.854. The van der Waals surface area contributed by atoms with Gasteiger partial charge in [0.1, 0.15) is 0 Å². The second-order valence-corrected chi connectivity index (χ2v) is 15.9. The van der Waals surface area contributed by atoms with E-state index in [0.717, 1.165) is 0 Å². The predicted molar refractivity (Wildman–Crippen MR) is 48.7 cm³/mol. The number of rotatable bonds is 3. The molecule has 0 radical (unpaired) electrons. The van der Waals surface area contributed by atoms with Crippen molar-refractivity contribution in [2.24, 2.45) is 0 Å². The van der Waals surface area contributed by atoms with Crippen molar-refractivity contribution in [2.75, 3.05) is 39.0 Å². The van der Waals surface area contributed by atoms with Gasteiger partial charge in [-0.2, -0.15) is 0 Å². The van der Waals surface area contributed by atoms with E-state index in [1.54, 1.807) is 0 Å². The van der Waals surface area contributed by atoms with Crippen LogP contribution >= 0.6 is 13.4 Å². The van der Waals surface area contributed by atoms with Gasteiger partial charge in [-0.15, -0.1) is 0 Å². The third-order valence-corrected chi connectivity index (χ3v) is 5.25. The predicted octanol–water partition coefficient (Wildman–Crippen LogP) is 2.20. The molecule has 3 heteroatoms. The summed E-state index contributed by atoms with van der Waals surface area (Å²) >= 11 is 3.50. The van der Waals surface area contributed by atoms with E-state index in [9.17, 15) is 0 Å². The van der Waals surface area contributed by atoms with Crippen LogP contribution in [0.4, 0.5) is 0 Å². The first-order valence-electron chi connectivity index (χ1n) is 3.22. The fraction of sp³-hybridized carbons (Fsp3) is 1.00. The fourth-order valence-corrected chi connectivity index (χ4v) is 5.91. The van der Waals surface area contributed by atoms with E-state index in [1.165, 1.54) is 12.3 Å². The fourth-order valence-electron chi connectivity index (χ4n) is 0.483. The molecule has 0 saturated heterocycles. The van der Waals surface area contributed by atoms with Gasteiger partial charge in [0.2, 0.25) is 0 Å². The van der Waals surface area contributed by atoms with Crippen molar-refractivity contribution in [3.63, 3.8) is 0 Å². The summed E-state index contributed by atoms with van der Waals surface area (Å²) in [5.74, 6) is 0. The molecule has 0 rings (SSSR count). The molecule has 0 spiro atoms. The minimum absolute atomic E-state index is 0.346. The van der Waals surface area contributed by atoms with Crippen molar-refractivity contribution >= 4 is 13.4 Å². The molecule has 0 aromatic rings. The zero-order chi connectivity index (χ0) is 7.49. The Hall–Kier alpha value is 1.52. The van der Waals surface area contributed by atoms with Gasteiger partial charge < -0.3 is 0 Å². The van der Waals surface area contributed by atoms with Crippen LogP contribution in [0.3, 0.4) is 0 Å². The van der Waals surface area contributed by atoms with E-state index in [4.69, 9.17) is 0 Å². The Bertz CT molecular complexity index is 75.6. The normalized spacial score (nSPS) is 14.6. The van der Waals surface area contributed by atoms with Crippen LogP contribution in [0.15, 0.2) is 0 Å². The zero-order valence-corrected chi connectivity index (χ0v) is 10.1. The molecule has 0 fully saturated rings. The van der Waals surface area contributed by atoms with Gasteiger partial charge in [0.25, 0.3) is 0 Å². The van der Waals surface area contributed by atoms with Gasteiger partial charge in [0.15, 0.2) is 0 Å². The molecule has 0 aliphatic carbocycles. The summed E-state index contributed by atoms with van der Waals surface area (Å²) < 4.78 is 0. The summed E-state index contributed by atoms with van der Waals surface area (Å²) in [6.45, 7) is 9.47. The second kappa shape index (κ2) is 4.41. The molecule has 0 bridgehead atoms. The molecular weight excluding hydrogens is 240 g/mol. The van der Waals surface area contributed by atoms with E-state index in [2.05, 4.69) is 45.4 Å². The molecule has 0 heterocycles. The summed E-state index contributed by atoms with van der Waals surface area (Å²) in [6.07, 6.45) is 2.91. The summed E-state index contributed by atoms with van der Waals surface area (Å²) in [7, 11) is 0.346. The van der Waals surface area contributed by atoms with Crippen LogP contribution in [0.25, 0.3) is 0 Å². The Morgan fingerprint density at radius 2 is 1.78 bits per heavy atom. The molecule has 0 atom stereocenters. The van der Waals surface area contributed by atoms with Gasteiger partial charge in [-0.25, -0.2) is 0 Å². The van der Waals surface area contributed by atoms with E-state index in [1.807, 2.05) is 0 Å². The van der Waals surface area contributed by atoms with Gasteiger partial charge in [0.05, 0.1) is 0 Å². The maximum atomic E-state index is 3.50. The monoisotopic (exact) mass is 257 g/mol. The average molecular weight is 258 g/mol. The third-order valence-electron chi connectivity index (χ3n) is 1.14. The van der Waals surface area contributed by atoms with Crippen molar-refractivity contribution < 1.29 is 18.7 Å². The van der Waals surface area contributed by atoms with Gasteiger partial charge in [0, 0.05) is 0 Å². The third kappa shape index (κ3) is 9.52. The molecule has 0 aromatic carbocycles. The zero-order valence-electron chi connectivity index (χ0n) is 6.68. The molecule has 61 valence electrons. The van der Waals surface area contributed by atoms with Crippen LogP contribution < -0.4 is 0 Å². The molecule has 0 nitrogen and oxygen atoms in total. The van der Waals surface area contributed by atoms with E-state index in [0.29, 0.717) is 7.92 Å². The van der Waals surface area contributed by atoms with Crippen molar-refractivity contribution in [1.29, 1.82) is 0 Å². The summed E-state index contributed by atoms with van der Waals surface area (Å²) in [6, 6.07) is 0. The van der Waals surface area contributed by atoms with Gasteiger partial charge >= 0.3 is 71.1 Å². The van der Waals surface area contributed by atoms with Gasteiger partial charge in [-0.3, -0.25) is 0 Å². The van der Waals surface area contributed by atoms with Gasteiger partial charge in [-0.1, -0.05) is 0 Å². The topological polar surface area (TPSA) is 0 Å². The van der Waals surface area contributed by atoms with E-state index < -0.39 is 5.45 Å². The molecule has 0 aliphatic rings. The Labute approximate surface area is 71.2 Å². The second-order valence-electron chi connectivity index (χ2n) is 3.19. The van der Waals surface area contributed by atoms with Crippen LogP contribution in [0.5, 0.6) is 0 Å². The Morgan fingerprint density at radius 1 is 1.33 bits per heavy atom.